The fourth-order valence-electron chi connectivity index (χ4n) is 6.43. The first-order chi connectivity index (χ1) is 15.1. The molecule has 0 saturated carbocycles. The van der Waals surface area contributed by atoms with Gasteiger partial charge in [-0.3, -0.25) is 0 Å². The van der Waals surface area contributed by atoms with Gasteiger partial charge >= 0.3 is 0 Å². The first-order valence-corrected chi connectivity index (χ1v) is 12.9. The molecule has 2 aromatic rings. The van der Waals surface area contributed by atoms with E-state index in [9.17, 15) is 0 Å². The third-order valence-electron chi connectivity index (χ3n) is 8.45. The van der Waals surface area contributed by atoms with Gasteiger partial charge in [-0.15, -0.1) is 0 Å². The van der Waals surface area contributed by atoms with Gasteiger partial charge in [0.15, 0.2) is 0 Å². The number of hydrogen-bond acceptors (Lipinski definition) is 0. The summed E-state index contributed by atoms with van der Waals surface area (Å²) in [5, 5.41) is 0. The van der Waals surface area contributed by atoms with Crippen LogP contribution in [0.25, 0.3) is 22.3 Å². The molecule has 33 heavy (non-hydrogen) atoms. The fraction of sp³-hybridized carbons (Fsp3) is 0.515. The van der Waals surface area contributed by atoms with Crippen LogP contribution in [0.5, 0.6) is 0 Å². The fourth-order valence-corrected chi connectivity index (χ4v) is 6.43. The Bertz CT molecular complexity index is 1130. The highest BCUT2D eigenvalue weighted by molar-refractivity contribution is 5.88. The maximum Gasteiger partial charge on any atom is -0.00132 e. The highest BCUT2D eigenvalue weighted by atomic mass is 14.4. The van der Waals surface area contributed by atoms with Crippen LogP contribution in [0, 0.1) is 10.8 Å². The Kier molecular flexibility index (Phi) is 4.64. The summed E-state index contributed by atoms with van der Waals surface area (Å²) in [6.07, 6.45) is 8.35. The third-order valence-corrected chi connectivity index (χ3v) is 8.45. The third kappa shape index (κ3) is 3.48. The van der Waals surface area contributed by atoms with Crippen LogP contribution in [0.4, 0.5) is 0 Å². The largest absolute Gasteiger partial charge is 0.0793 e. The van der Waals surface area contributed by atoms with Crippen molar-refractivity contribution >= 4 is 11.1 Å². The van der Waals surface area contributed by atoms with Gasteiger partial charge in [-0.05, 0) is 109 Å². The molecule has 0 heterocycles. The van der Waals surface area contributed by atoms with Crippen LogP contribution in [0.3, 0.4) is 0 Å². The second kappa shape index (κ2) is 6.74. The Morgan fingerprint density at radius 2 is 0.909 bits per heavy atom. The van der Waals surface area contributed by atoms with Crippen LogP contribution >= 0.6 is 0 Å². The molecule has 3 aliphatic rings. The highest BCUT2D eigenvalue weighted by Crippen LogP contribution is 2.52. The lowest BCUT2D eigenvalue weighted by Crippen LogP contribution is -2.25. The molecule has 0 heteroatoms. The van der Waals surface area contributed by atoms with E-state index >= 15 is 0 Å². The topological polar surface area (TPSA) is 0 Å². The van der Waals surface area contributed by atoms with Crippen molar-refractivity contribution < 1.29 is 0 Å². The van der Waals surface area contributed by atoms with Crippen molar-refractivity contribution in [2.45, 2.75) is 99.3 Å². The molecule has 0 amide bonds. The predicted molar refractivity (Wildman–Crippen MR) is 145 cm³/mol. The second-order valence-electron chi connectivity index (χ2n) is 14.2. The van der Waals surface area contributed by atoms with Gasteiger partial charge in [-0.2, -0.15) is 0 Å². The van der Waals surface area contributed by atoms with Crippen molar-refractivity contribution in [3.63, 3.8) is 0 Å². The van der Waals surface area contributed by atoms with Gasteiger partial charge in [0.1, 0.15) is 0 Å². The molecule has 0 unspecified atom stereocenters. The van der Waals surface area contributed by atoms with Gasteiger partial charge in [0.2, 0.25) is 0 Å². The predicted octanol–water partition coefficient (Wildman–Crippen LogP) is 9.48. The Hall–Kier alpha value is -2.08. The Balaban J connectivity index is 1.74. The first kappa shape index (κ1) is 22.7. The molecular formula is C33H42. The maximum atomic E-state index is 2.56. The highest BCUT2D eigenvalue weighted by Gasteiger charge is 2.37. The lowest BCUT2D eigenvalue weighted by atomic mass is 9.67. The van der Waals surface area contributed by atoms with Gasteiger partial charge in [-0.25, -0.2) is 0 Å². The molecule has 0 aromatic heterocycles. The average Bonchev–Trinajstić information content (AvgIpc) is 3.00. The summed E-state index contributed by atoms with van der Waals surface area (Å²) in [7, 11) is 0. The second-order valence-corrected chi connectivity index (χ2v) is 14.2. The van der Waals surface area contributed by atoms with E-state index in [0.717, 1.165) is 19.3 Å². The molecule has 0 saturated heterocycles. The molecule has 0 N–H and O–H groups in total. The quantitative estimate of drug-likeness (QED) is 0.328. The van der Waals surface area contributed by atoms with Crippen molar-refractivity contribution in [3.05, 3.63) is 69.8 Å². The van der Waals surface area contributed by atoms with Gasteiger partial charge < -0.3 is 0 Å². The number of fused-ring (bicyclic) bond motifs is 5. The smallest absolute Gasteiger partial charge is 0.00132 e. The van der Waals surface area contributed by atoms with E-state index < -0.39 is 0 Å². The van der Waals surface area contributed by atoms with E-state index in [1.807, 2.05) is 0 Å². The summed E-state index contributed by atoms with van der Waals surface area (Å²) in [6, 6.07) is 10.2. The summed E-state index contributed by atoms with van der Waals surface area (Å²) < 4.78 is 0. The average molecular weight is 439 g/mol. The van der Waals surface area contributed by atoms with Crippen LogP contribution in [0.2, 0.25) is 0 Å². The molecule has 3 aliphatic carbocycles. The molecule has 0 nitrogen and oxygen atoms in total. The molecular weight excluding hydrogens is 396 g/mol. The van der Waals surface area contributed by atoms with Gasteiger partial charge in [-0.1, -0.05) is 93.5 Å². The monoisotopic (exact) mass is 438 g/mol. The summed E-state index contributed by atoms with van der Waals surface area (Å²) in [4.78, 5) is 0. The Labute approximate surface area is 202 Å². The lowest BCUT2D eigenvalue weighted by molar-refractivity contribution is 0.503. The van der Waals surface area contributed by atoms with Crippen LogP contribution in [-0.4, -0.2) is 0 Å². The normalized spacial score (nSPS) is 20.3. The molecule has 5 rings (SSSR count). The van der Waals surface area contributed by atoms with E-state index in [0.29, 0.717) is 0 Å². The molecule has 0 spiro atoms. The Morgan fingerprint density at radius 1 is 0.545 bits per heavy atom. The summed E-state index contributed by atoms with van der Waals surface area (Å²) in [5.41, 5.74) is 15.8. The summed E-state index contributed by atoms with van der Waals surface area (Å²) >= 11 is 0. The molecule has 0 aliphatic heterocycles. The van der Waals surface area contributed by atoms with Gasteiger partial charge in [0.25, 0.3) is 0 Å². The van der Waals surface area contributed by atoms with E-state index in [4.69, 9.17) is 0 Å². The van der Waals surface area contributed by atoms with Crippen molar-refractivity contribution in [2.24, 2.45) is 10.8 Å². The zero-order valence-electron chi connectivity index (χ0n) is 22.6. The SMILES string of the molecule is CC(C)(C)C1=CCC(C)(C)c2cc3c(cc21)-c1cc2c(cc1C3)C(C)(C)CC=C2C(C)(C)C. The minimum absolute atomic E-state index is 0.156. The van der Waals surface area contributed by atoms with Crippen LogP contribution in [0.1, 0.15) is 115 Å². The summed E-state index contributed by atoms with van der Waals surface area (Å²) in [5.74, 6) is 0. The van der Waals surface area contributed by atoms with Crippen LogP contribution in [-0.2, 0) is 17.3 Å². The molecule has 2 aromatic carbocycles. The lowest BCUT2D eigenvalue weighted by Gasteiger charge is -2.37. The minimum Gasteiger partial charge on any atom is -0.0793 e. The van der Waals surface area contributed by atoms with Crippen LogP contribution < -0.4 is 0 Å². The number of rotatable bonds is 0. The number of hydrogen-bond donors (Lipinski definition) is 0. The van der Waals surface area contributed by atoms with Gasteiger partial charge in [0, 0.05) is 0 Å². The minimum atomic E-state index is 0.156. The zero-order chi connectivity index (χ0) is 24.1. The van der Waals surface area contributed by atoms with Crippen LogP contribution in [0.15, 0.2) is 36.4 Å². The van der Waals surface area contributed by atoms with Crippen molar-refractivity contribution in [1.82, 2.24) is 0 Å². The van der Waals surface area contributed by atoms with E-state index in [1.54, 1.807) is 11.1 Å². The standard InChI is InChI=1S/C33H42/c1-30(2,3)26-11-13-32(7,8)28-16-20-15-21-17-29-25(19-23(21)22(20)18-24(26)28)27(31(4,5)6)12-14-33(29,9)10/h11-12,16-19H,13-15H2,1-10H3. The number of benzene rings is 2. The molecule has 0 atom stereocenters. The maximum absolute atomic E-state index is 2.56. The zero-order valence-corrected chi connectivity index (χ0v) is 22.6. The van der Waals surface area contributed by atoms with Crippen molar-refractivity contribution in [1.29, 1.82) is 0 Å². The molecule has 0 fully saturated rings. The Morgan fingerprint density at radius 3 is 1.24 bits per heavy atom. The molecule has 174 valence electrons. The summed E-state index contributed by atoms with van der Waals surface area (Å²) in [6.45, 7) is 23.8. The van der Waals surface area contributed by atoms with Gasteiger partial charge in [0.05, 0.1) is 0 Å². The first-order valence-electron chi connectivity index (χ1n) is 12.9. The van der Waals surface area contributed by atoms with E-state index in [-0.39, 0.29) is 21.7 Å². The molecule has 0 bridgehead atoms. The van der Waals surface area contributed by atoms with E-state index in [1.165, 1.54) is 44.5 Å². The van der Waals surface area contributed by atoms with E-state index in [2.05, 4.69) is 106 Å². The molecule has 0 radical (unpaired) electrons. The number of allylic oxidation sites excluding steroid dienone is 4. The van der Waals surface area contributed by atoms with Crippen molar-refractivity contribution in [2.75, 3.05) is 0 Å². The van der Waals surface area contributed by atoms with Crippen molar-refractivity contribution in [3.8, 4) is 11.1 Å².